The second-order valence-electron chi connectivity index (χ2n) is 5.46. The fraction of sp³-hybridized carbons (Fsp3) is 0.533. The fourth-order valence-corrected chi connectivity index (χ4v) is 2.52. The molecular weight excluding hydrogens is 224 g/mol. The molecule has 2 rings (SSSR count). The van der Waals surface area contributed by atoms with Crippen LogP contribution >= 0.6 is 0 Å². The van der Waals surface area contributed by atoms with Crippen LogP contribution in [0.2, 0.25) is 0 Å². The first-order valence-corrected chi connectivity index (χ1v) is 6.60. The molecule has 2 atom stereocenters. The van der Waals surface area contributed by atoms with E-state index in [-0.39, 0.29) is 5.91 Å². The number of hydrogen-bond acceptors (Lipinski definition) is 2. The molecule has 0 spiro atoms. The van der Waals surface area contributed by atoms with Crippen molar-refractivity contribution >= 4 is 11.6 Å². The largest absolute Gasteiger partial charge is 0.387 e. The van der Waals surface area contributed by atoms with Crippen molar-refractivity contribution in [2.24, 2.45) is 11.8 Å². The quantitative estimate of drug-likeness (QED) is 0.870. The molecule has 0 bridgehead atoms. The number of hydrogen-bond donors (Lipinski definition) is 1. The van der Waals surface area contributed by atoms with Gasteiger partial charge < -0.3 is 10.2 Å². The Morgan fingerprint density at radius 3 is 2.44 bits per heavy atom. The Bertz CT molecular complexity index is 446. The number of anilines is 1. The van der Waals surface area contributed by atoms with Crippen LogP contribution in [0, 0.1) is 18.8 Å². The van der Waals surface area contributed by atoms with E-state index >= 15 is 0 Å². The van der Waals surface area contributed by atoms with Gasteiger partial charge in [0, 0.05) is 25.8 Å². The SMILES string of the molecule is CNc1cc(C)ccc1C(=O)N1CC(C)C(C)C1. The molecule has 1 heterocycles. The number of carbonyl (C=O) groups is 1. The van der Waals surface area contributed by atoms with Crippen LogP contribution in [0.4, 0.5) is 5.69 Å². The molecule has 1 aliphatic rings. The van der Waals surface area contributed by atoms with Crippen LogP contribution in [0.3, 0.4) is 0 Å². The van der Waals surface area contributed by atoms with Crippen molar-refractivity contribution in [1.82, 2.24) is 4.90 Å². The van der Waals surface area contributed by atoms with Crippen molar-refractivity contribution in [3.05, 3.63) is 29.3 Å². The second-order valence-corrected chi connectivity index (χ2v) is 5.46. The highest BCUT2D eigenvalue weighted by Gasteiger charge is 2.30. The summed E-state index contributed by atoms with van der Waals surface area (Å²) in [7, 11) is 1.86. The molecule has 18 heavy (non-hydrogen) atoms. The number of carbonyl (C=O) groups excluding carboxylic acids is 1. The van der Waals surface area contributed by atoms with Crippen LogP contribution in [0.5, 0.6) is 0 Å². The highest BCUT2D eigenvalue weighted by atomic mass is 16.2. The summed E-state index contributed by atoms with van der Waals surface area (Å²) in [4.78, 5) is 14.5. The van der Waals surface area contributed by atoms with E-state index in [0.29, 0.717) is 11.8 Å². The minimum Gasteiger partial charge on any atom is -0.387 e. The predicted octanol–water partition coefficient (Wildman–Crippen LogP) is 2.76. The van der Waals surface area contributed by atoms with E-state index in [1.54, 1.807) is 0 Å². The van der Waals surface area contributed by atoms with Gasteiger partial charge in [0.05, 0.1) is 5.56 Å². The van der Waals surface area contributed by atoms with Crippen molar-refractivity contribution < 1.29 is 4.79 Å². The molecule has 98 valence electrons. The summed E-state index contributed by atoms with van der Waals surface area (Å²) in [6.07, 6.45) is 0. The molecule has 0 aliphatic carbocycles. The topological polar surface area (TPSA) is 32.3 Å². The van der Waals surface area contributed by atoms with Gasteiger partial charge in [-0.3, -0.25) is 4.79 Å². The maximum Gasteiger partial charge on any atom is 0.255 e. The third-order valence-corrected chi connectivity index (χ3v) is 3.95. The number of benzene rings is 1. The molecule has 1 N–H and O–H groups in total. The van der Waals surface area contributed by atoms with Gasteiger partial charge in [-0.2, -0.15) is 0 Å². The number of rotatable bonds is 2. The van der Waals surface area contributed by atoms with Crippen LogP contribution in [0.15, 0.2) is 18.2 Å². The van der Waals surface area contributed by atoms with E-state index in [4.69, 9.17) is 0 Å². The molecule has 0 saturated carbocycles. The Morgan fingerprint density at radius 1 is 1.28 bits per heavy atom. The summed E-state index contributed by atoms with van der Waals surface area (Å²) >= 11 is 0. The average Bonchev–Trinajstić information content (AvgIpc) is 2.68. The van der Waals surface area contributed by atoms with E-state index in [1.165, 1.54) is 5.56 Å². The van der Waals surface area contributed by atoms with Gasteiger partial charge in [0.2, 0.25) is 0 Å². The number of likely N-dealkylation sites (tertiary alicyclic amines) is 1. The number of nitrogens with one attached hydrogen (secondary N) is 1. The molecule has 1 aromatic rings. The van der Waals surface area contributed by atoms with Gasteiger partial charge in [0.25, 0.3) is 5.91 Å². The molecule has 1 aromatic carbocycles. The molecule has 3 heteroatoms. The van der Waals surface area contributed by atoms with E-state index in [9.17, 15) is 4.79 Å². The monoisotopic (exact) mass is 246 g/mol. The van der Waals surface area contributed by atoms with Crippen LogP contribution in [0.1, 0.15) is 29.8 Å². The van der Waals surface area contributed by atoms with E-state index < -0.39 is 0 Å². The zero-order valence-electron chi connectivity index (χ0n) is 11.7. The average molecular weight is 246 g/mol. The Kier molecular flexibility index (Phi) is 3.60. The van der Waals surface area contributed by atoms with Crippen molar-refractivity contribution in [2.45, 2.75) is 20.8 Å². The Balaban J connectivity index is 2.24. The summed E-state index contributed by atoms with van der Waals surface area (Å²) < 4.78 is 0. The zero-order valence-corrected chi connectivity index (χ0v) is 11.7. The molecule has 3 nitrogen and oxygen atoms in total. The van der Waals surface area contributed by atoms with Crippen LogP contribution in [0.25, 0.3) is 0 Å². The maximum absolute atomic E-state index is 12.5. The normalized spacial score (nSPS) is 23.2. The van der Waals surface area contributed by atoms with Gasteiger partial charge in [0.1, 0.15) is 0 Å². The predicted molar refractivity (Wildman–Crippen MR) is 75.0 cm³/mol. The molecule has 1 fully saturated rings. The third-order valence-electron chi connectivity index (χ3n) is 3.95. The van der Waals surface area contributed by atoms with E-state index in [0.717, 1.165) is 24.3 Å². The van der Waals surface area contributed by atoms with Crippen molar-refractivity contribution in [3.8, 4) is 0 Å². The maximum atomic E-state index is 12.5. The Labute approximate surface area is 109 Å². The fourth-order valence-electron chi connectivity index (χ4n) is 2.52. The molecule has 0 radical (unpaired) electrons. The van der Waals surface area contributed by atoms with E-state index in [1.807, 2.05) is 37.1 Å². The number of nitrogens with zero attached hydrogens (tertiary/aromatic N) is 1. The molecule has 1 saturated heterocycles. The summed E-state index contributed by atoms with van der Waals surface area (Å²) in [6.45, 7) is 8.21. The summed E-state index contributed by atoms with van der Waals surface area (Å²) in [5.41, 5.74) is 2.87. The van der Waals surface area contributed by atoms with Crippen LogP contribution in [-0.4, -0.2) is 30.9 Å². The second kappa shape index (κ2) is 5.01. The van der Waals surface area contributed by atoms with Gasteiger partial charge >= 0.3 is 0 Å². The lowest BCUT2D eigenvalue weighted by atomic mass is 10.0. The van der Waals surface area contributed by atoms with Crippen molar-refractivity contribution in [1.29, 1.82) is 0 Å². The van der Waals surface area contributed by atoms with Gasteiger partial charge in [-0.1, -0.05) is 19.9 Å². The highest BCUT2D eigenvalue weighted by molar-refractivity contribution is 5.99. The molecule has 0 aromatic heterocycles. The first-order chi connectivity index (χ1) is 8.52. The van der Waals surface area contributed by atoms with Gasteiger partial charge in [0.15, 0.2) is 0 Å². The molecule has 2 unspecified atom stereocenters. The summed E-state index contributed by atoms with van der Waals surface area (Å²) in [5.74, 6) is 1.34. The summed E-state index contributed by atoms with van der Waals surface area (Å²) in [5, 5.41) is 3.12. The molecule has 1 aliphatic heterocycles. The number of aryl methyl sites for hydroxylation is 1. The third kappa shape index (κ3) is 2.35. The first kappa shape index (κ1) is 12.9. The number of amides is 1. The Morgan fingerprint density at radius 2 is 1.89 bits per heavy atom. The van der Waals surface area contributed by atoms with Crippen molar-refractivity contribution in [2.75, 3.05) is 25.5 Å². The lowest BCUT2D eigenvalue weighted by molar-refractivity contribution is 0.0786. The smallest absolute Gasteiger partial charge is 0.255 e. The molecular formula is C15H22N2O. The minimum absolute atomic E-state index is 0.149. The van der Waals surface area contributed by atoms with Gasteiger partial charge in [-0.15, -0.1) is 0 Å². The summed E-state index contributed by atoms with van der Waals surface area (Å²) in [6, 6.07) is 5.95. The van der Waals surface area contributed by atoms with Crippen LogP contribution < -0.4 is 5.32 Å². The lowest BCUT2D eigenvalue weighted by Crippen LogP contribution is -2.29. The minimum atomic E-state index is 0.149. The standard InChI is InChI=1S/C15H22N2O/c1-10-5-6-13(14(7-10)16-4)15(18)17-8-11(2)12(3)9-17/h5-7,11-12,16H,8-9H2,1-4H3. The lowest BCUT2D eigenvalue weighted by Gasteiger charge is -2.18. The Hall–Kier alpha value is -1.51. The first-order valence-electron chi connectivity index (χ1n) is 6.60. The van der Waals surface area contributed by atoms with Gasteiger partial charge in [-0.05, 0) is 36.5 Å². The van der Waals surface area contributed by atoms with E-state index in [2.05, 4.69) is 19.2 Å². The zero-order chi connectivity index (χ0) is 13.3. The van der Waals surface area contributed by atoms with Gasteiger partial charge in [-0.25, -0.2) is 0 Å². The van der Waals surface area contributed by atoms with Crippen molar-refractivity contribution in [3.63, 3.8) is 0 Å². The van der Waals surface area contributed by atoms with Crippen LogP contribution in [-0.2, 0) is 0 Å². The highest BCUT2D eigenvalue weighted by Crippen LogP contribution is 2.26. The molecule has 1 amide bonds.